The number of hydrogen-bond donors (Lipinski definition) is 3. The summed E-state index contributed by atoms with van der Waals surface area (Å²) in [5.41, 5.74) is 3.02. The number of nitrogens with one attached hydrogen (secondary N) is 3. The highest BCUT2D eigenvalue weighted by Gasteiger charge is 2.17. The summed E-state index contributed by atoms with van der Waals surface area (Å²) in [5, 5.41) is 18.6. The molecule has 10 nitrogen and oxygen atoms in total. The molecule has 1 aromatic carbocycles. The molecule has 176 valence electrons. The lowest BCUT2D eigenvalue weighted by atomic mass is 10.3. The molecule has 0 aliphatic rings. The van der Waals surface area contributed by atoms with E-state index in [-0.39, 0.29) is 10.1 Å². The van der Waals surface area contributed by atoms with Crippen molar-refractivity contribution in [1.82, 2.24) is 25.3 Å². The standard InChI is InChI=1S/C22H23N7O3S2/c1-14-12-15(2)29(27-14)21-10-9-20(25-26-21)24-17-4-6-18(7-5-17)28-34(31,32)22-11-8-19(33-22)13-23-16(3)30/h4-12,28H,13H2,1-3H3,(H,23,30)(H,24,25). The third-order valence-corrected chi connectivity index (χ3v) is 7.66. The molecule has 0 spiro atoms. The van der Waals surface area contributed by atoms with Gasteiger partial charge >= 0.3 is 0 Å². The summed E-state index contributed by atoms with van der Waals surface area (Å²) < 4.78 is 29.8. The van der Waals surface area contributed by atoms with Crippen LogP contribution in [0.5, 0.6) is 0 Å². The molecule has 4 aromatic rings. The molecule has 3 N–H and O–H groups in total. The number of aromatic nitrogens is 4. The van der Waals surface area contributed by atoms with Gasteiger partial charge in [-0.1, -0.05) is 0 Å². The van der Waals surface area contributed by atoms with E-state index in [4.69, 9.17) is 0 Å². The van der Waals surface area contributed by atoms with E-state index in [9.17, 15) is 13.2 Å². The third-order valence-electron chi connectivity index (χ3n) is 4.70. The quantitative estimate of drug-likeness (QED) is 0.339. The molecule has 0 fully saturated rings. The number of anilines is 3. The van der Waals surface area contributed by atoms with Gasteiger partial charge in [0.05, 0.1) is 12.2 Å². The second-order valence-electron chi connectivity index (χ2n) is 7.55. The predicted molar refractivity (Wildman–Crippen MR) is 131 cm³/mol. The minimum absolute atomic E-state index is 0.172. The fourth-order valence-electron chi connectivity index (χ4n) is 3.15. The van der Waals surface area contributed by atoms with Gasteiger partial charge in [-0.25, -0.2) is 13.1 Å². The van der Waals surface area contributed by atoms with Crippen LogP contribution in [0.15, 0.2) is 58.8 Å². The molecule has 0 bridgehead atoms. The van der Waals surface area contributed by atoms with Crippen molar-refractivity contribution in [3.63, 3.8) is 0 Å². The lowest BCUT2D eigenvalue weighted by Gasteiger charge is -2.09. The maximum Gasteiger partial charge on any atom is 0.271 e. The highest BCUT2D eigenvalue weighted by atomic mass is 32.2. The van der Waals surface area contributed by atoms with Crippen molar-refractivity contribution in [3.05, 3.63) is 70.9 Å². The van der Waals surface area contributed by atoms with Gasteiger partial charge in [0.1, 0.15) is 4.21 Å². The zero-order chi connectivity index (χ0) is 24.3. The lowest BCUT2D eigenvalue weighted by molar-refractivity contribution is -0.119. The minimum atomic E-state index is -3.73. The average molecular weight is 498 g/mol. The molecule has 0 atom stereocenters. The lowest BCUT2D eigenvalue weighted by Crippen LogP contribution is -2.18. The van der Waals surface area contributed by atoms with Crippen molar-refractivity contribution in [3.8, 4) is 5.82 Å². The Kier molecular flexibility index (Phi) is 6.61. The number of benzene rings is 1. The molecule has 3 heterocycles. The van der Waals surface area contributed by atoms with Crippen LogP contribution in [0.4, 0.5) is 17.2 Å². The highest BCUT2D eigenvalue weighted by molar-refractivity contribution is 7.94. The highest BCUT2D eigenvalue weighted by Crippen LogP contribution is 2.25. The molecular formula is C22H23N7O3S2. The Morgan fingerprint density at radius 1 is 1.00 bits per heavy atom. The number of amides is 1. The molecule has 12 heteroatoms. The van der Waals surface area contributed by atoms with E-state index in [1.807, 2.05) is 26.0 Å². The van der Waals surface area contributed by atoms with Gasteiger partial charge in [0.15, 0.2) is 11.6 Å². The van der Waals surface area contributed by atoms with Crippen LogP contribution in [0, 0.1) is 13.8 Å². The molecule has 0 aliphatic carbocycles. The van der Waals surface area contributed by atoms with E-state index in [0.717, 1.165) is 33.3 Å². The number of rotatable bonds is 8. The first-order chi connectivity index (χ1) is 16.2. The van der Waals surface area contributed by atoms with E-state index in [0.29, 0.717) is 23.9 Å². The predicted octanol–water partition coefficient (Wildman–Crippen LogP) is 3.52. The zero-order valence-electron chi connectivity index (χ0n) is 18.7. The average Bonchev–Trinajstić information content (AvgIpc) is 3.41. The summed E-state index contributed by atoms with van der Waals surface area (Å²) in [6.45, 7) is 5.58. The topological polar surface area (TPSA) is 131 Å². The molecule has 4 rings (SSSR count). The summed E-state index contributed by atoms with van der Waals surface area (Å²) in [5.74, 6) is 0.994. The number of hydrogen-bond acceptors (Lipinski definition) is 8. The number of aryl methyl sites for hydroxylation is 2. The monoisotopic (exact) mass is 497 g/mol. The Morgan fingerprint density at radius 2 is 1.74 bits per heavy atom. The van der Waals surface area contributed by atoms with Crippen molar-refractivity contribution in [2.75, 3.05) is 10.0 Å². The second-order valence-corrected chi connectivity index (χ2v) is 10.6. The van der Waals surface area contributed by atoms with E-state index >= 15 is 0 Å². The molecule has 0 saturated heterocycles. The van der Waals surface area contributed by atoms with Crippen LogP contribution in [0.2, 0.25) is 0 Å². The van der Waals surface area contributed by atoms with Gasteiger partial charge in [0.2, 0.25) is 5.91 Å². The largest absolute Gasteiger partial charge is 0.351 e. The van der Waals surface area contributed by atoms with Crippen molar-refractivity contribution >= 4 is 44.5 Å². The summed E-state index contributed by atoms with van der Waals surface area (Å²) >= 11 is 1.11. The Balaban J connectivity index is 1.39. The van der Waals surface area contributed by atoms with Crippen molar-refractivity contribution in [2.45, 2.75) is 31.5 Å². The number of carbonyl (C=O) groups is 1. The molecule has 0 radical (unpaired) electrons. The molecular weight excluding hydrogens is 474 g/mol. The Labute approximate surface area is 201 Å². The zero-order valence-corrected chi connectivity index (χ0v) is 20.4. The van der Waals surface area contributed by atoms with Gasteiger partial charge in [-0.3, -0.25) is 9.52 Å². The number of thiophene rings is 1. The molecule has 1 amide bonds. The van der Waals surface area contributed by atoms with Crippen LogP contribution in [0.1, 0.15) is 23.2 Å². The number of sulfonamides is 1. The van der Waals surface area contributed by atoms with E-state index in [1.54, 1.807) is 41.1 Å². The summed E-state index contributed by atoms with van der Waals surface area (Å²) in [4.78, 5) is 11.8. The SMILES string of the molecule is CC(=O)NCc1ccc(S(=O)(=O)Nc2ccc(Nc3ccc(-n4nc(C)cc4C)nn3)cc2)s1. The minimum Gasteiger partial charge on any atom is -0.351 e. The third kappa shape index (κ3) is 5.58. The van der Waals surface area contributed by atoms with E-state index in [2.05, 4.69) is 30.7 Å². The molecule has 0 saturated carbocycles. The number of carbonyl (C=O) groups excluding carboxylic acids is 1. The normalized spacial score (nSPS) is 11.3. The smallest absolute Gasteiger partial charge is 0.271 e. The van der Waals surface area contributed by atoms with Crippen LogP contribution in [-0.2, 0) is 21.4 Å². The van der Waals surface area contributed by atoms with Gasteiger partial charge in [0, 0.05) is 28.9 Å². The van der Waals surface area contributed by atoms with Gasteiger partial charge in [-0.2, -0.15) is 5.10 Å². The van der Waals surface area contributed by atoms with Gasteiger partial charge in [0.25, 0.3) is 10.0 Å². The second kappa shape index (κ2) is 9.61. The fraction of sp³-hybridized carbons (Fsp3) is 0.182. The maximum atomic E-state index is 12.7. The van der Waals surface area contributed by atoms with E-state index < -0.39 is 10.0 Å². The Morgan fingerprint density at radius 3 is 2.35 bits per heavy atom. The van der Waals surface area contributed by atoms with Crippen molar-refractivity contribution < 1.29 is 13.2 Å². The fourth-order valence-corrected chi connectivity index (χ4v) is 5.50. The first-order valence-corrected chi connectivity index (χ1v) is 12.6. The Hall–Kier alpha value is -3.77. The molecule has 34 heavy (non-hydrogen) atoms. The van der Waals surface area contributed by atoms with Gasteiger partial charge in [-0.05, 0) is 68.4 Å². The summed E-state index contributed by atoms with van der Waals surface area (Å²) in [7, 11) is -3.73. The number of nitrogens with zero attached hydrogens (tertiary/aromatic N) is 4. The van der Waals surface area contributed by atoms with Gasteiger partial charge < -0.3 is 10.6 Å². The van der Waals surface area contributed by atoms with Crippen molar-refractivity contribution in [2.24, 2.45) is 0 Å². The first kappa shape index (κ1) is 23.4. The molecule has 3 aromatic heterocycles. The summed E-state index contributed by atoms with van der Waals surface area (Å²) in [6.07, 6.45) is 0. The Bertz CT molecular complexity index is 1410. The van der Waals surface area contributed by atoms with Gasteiger partial charge in [-0.15, -0.1) is 21.5 Å². The van der Waals surface area contributed by atoms with Crippen molar-refractivity contribution in [1.29, 1.82) is 0 Å². The first-order valence-electron chi connectivity index (χ1n) is 10.3. The van der Waals surface area contributed by atoms with Crippen LogP contribution >= 0.6 is 11.3 Å². The van der Waals surface area contributed by atoms with Crippen LogP contribution in [0.25, 0.3) is 5.82 Å². The maximum absolute atomic E-state index is 12.7. The summed E-state index contributed by atoms with van der Waals surface area (Å²) in [6, 6.07) is 15.6. The molecule has 0 aliphatic heterocycles. The van der Waals surface area contributed by atoms with Crippen LogP contribution in [0.3, 0.4) is 0 Å². The van der Waals surface area contributed by atoms with Crippen LogP contribution in [-0.4, -0.2) is 34.3 Å². The van der Waals surface area contributed by atoms with Crippen LogP contribution < -0.4 is 15.4 Å². The van der Waals surface area contributed by atoms with E-state index in [1.165, 1.54) is 13.0 Å². The molecule has 0 unspecified atom stereocenters.